The Kier molecular flexibility index (Phi) is 6.66. The molecule has 30 heavy (non-hydrogen) atoms. The highest BCUT2D eigenvalue weighted by molar-refractivity contribution is 6.33. The number of H-pyrrole nitrogens is 1. The van der Waals surface area contributed by atoms with Crippen molar-refractivity contribution in [1.82, 2.24) is 20.6 Å². The standard InChI is InChI=1S/C19H20ClF2N5O3/c1-23-18(29)15-16(25-8-24-15)19(30)26-11-4-2-9(3-5-11)17(28)27-14-12(20)6-10(21)7-13(14)22/h6-9,11H,2-5H2,1H3,(H,23,29)(H,24,25)(H,26,30)(H,27,28). The van der Waals surface area contributed by atoms with Crippen LogP contribution in [-0.4, -0.2) is 40.8 Å². The summed E-state index contributed by atoms with van der Waals surface area (Å²) >= 11 is 5.81. The minimum atomic E-state index is -0.944. The van der Waals surface area contributed by atoms with E-state index < -0.39 is 35.3 Å². The average Bonchev–Trinajstić information content (AvgIpc) is 3.20. The van der Waals surface area contributed by atoms with E-state index in [4.69, 9.17) is 11.6 Å². The molecule has 1 fully saturated rings. The van der Waals surface area contributed by atoms with Gasteiger partial charge in [0.05, 0.1) is 17.0 Å². The number of anilines is 1. The molecule has 1 aliphatic carbocycles. The third-order valence-corrected chi connectivity index (χ3v) is 5.29. The second-order valence-electron chi connectivity index (χ2n) is 6.96. The van der Waals surface area contributed by atoms with Crippen molar-refractivity contribution >= 4 is 35.0 Å². The normalized spacial score (nSPS) is 18.5. The van der Waals surface area contributed by atoms with Gasteiger partial charge in [-0.25, -0.2) is 13.8 Å². The molecule has 8 nitrogen and oxygen atoms in total. The highest BCUT2D eigenvalue weighted by atomic mass is 35.5. The van der Waals surface area contributed by atoms with Gasteiger partial charge >= 0.3 is 0 Å². The molecule has 1 aromatic carbocycles. The first-order valence-electron chi connectivity index (χ1n) is 9.31. The largest absolute Gasteiger partial charge is 0.354 e. The molecule has 1 aromatic heterocycles. The lowest BCUT2D eigenvalue weighted by molar-refractivity contribution is -0.120. The van der Waals surface area contributed by atoms with Crippen LogP contribution in [0.2, 0.25) is 5.02 Å². The minimum absolute atomic E-state index is 0.00403. The molecule has 0 aliphatic heterocycles. The molecule has 2 aromatic rings. The van der Waals surface area contributed by atoms with Gasteiger partial charge in [0, 0.05) is 25.1 Å². The first-order chi connectivity index (χ1) is 14.3. The van der Waals surface area contributed by atoms with E-state index in [1.54, 1.807) is 0 Å². The number of imidazole rings is 1. The fourth-order valence-corrected chi connectivity index (χ4v) is 3.65. The van der Waals surface area contributed by atoms with E-state index in [1.165, 1.54) is 13.4 Å². The Morgan fingerprint density at radius 3 is 2.47 bits per heavy atom. The Morgan fingerprint density at radius 1 is 1.13 bits per heavy atom. The van der Waals surface area contributed by atoms with Crippen molar-refractivity contribution in [3.63, 3.8) is 0 Å². The van der Waals surface area contributed by atoms with Crippen LogP contribution in [0.3, 0.4) is 0 Å². The summed E-state index contributed by atoms with van der Waals surface area (Å²) in [6.45, 7) is 0. The molecule has 1 aliphatic rings. The maximum atomic E-state index is 13.9. The van der Waals surface area contributed by atoms with E-state index >= 15 is 0 Å². The molecule has 4 N–H and O–H groups in total. The zero-order valence-corrected chi connectivity index (χ0v) is 16.8. The Balaban J connectivity index is 1.55. The van der Waals surface area contributed by atoms with E-state index in [9.17, 15) is 23.2 Å². The van der Waals surface area contributed by atoms with Crippen LogP contribution in [0.4, 0.5) is 14.5 Å². The number of carbonyl (C=O) groups excluding carboxylic acids is 3. The van der Waals surface area contributed by atoms with Gasteiger partial charge in [0.2, 0.25) is 5.91 Å². The number of halogens is 3. The molecule has 1 heterocycles. The Labute approximate surface area is 175 Å². The second-order valence-corrected chi connectivity index (χ2v) is 7.37. The molecule has 0 unspecified atom stereocenters. The number of rotatable bonds is 5. The monoisotopic (exact) mass is 439 g/mol. The van der Waals surface area contributed by atoms with Crippen LogP contribution in [0.25, 0.3) is 0 Å². The minimum Gasteiger partial charge on any atom is -0.354 e. The summed E-state index contributed by atoms with van der Waals surface area (Å²) in [4.78, 5) is 43.2. The van der Waals surface area contributed by atoms with Crippen LogP contribution in [0, 0.1) is 17.6 Å². The molecule has 1 saturated carbocycles. The highest BCUT2D eigenvalue weighted by Gasteiger charge is 2.29. The van der Waals surface area contributed by atoms with Crippen molar-refractivity contribution in [2.24, 2.45) is 5.92 Å². The van der Waals surface area contributed by atoms with E-state index in [-0.39, 0.29) is 28.1 Å². The first-order valence-corrected chi connectivity index (χ1v) is 9.69. The topological polar surface area (TPSA) is 116 Å². The van der Waals surface area contributed by atoms with Crippen molar-refractivity contribution in [3.8, 4) is 0 Å². The number of amides is 3. The maximum absolute atomic E-state index is 13.9. The molecule has 3 amide bonds. The van der Waals surface area contributed by atoms with Crippen molar-refractivity contribution in [2.45, 2.75) is 31.7 Å². The van der Waals surface area contributed by atoms with Crippen LogP contribution < -0.4 is 16.0 Å². The zero-order chi connectivity index (χ0) is 21.8. The van der Waals surface area contributed by atoms with E-state index in [0.29, 0.717) is 31.7 Å². The van der Waals surface area contributed by atoms with Gasteiger partial charge in [-0.1, -0.05) is 11.6 Å². The van der Waals surface area contributed by atoms with Crippen molar-refractivity contribution in [2.75, 3.05) is 12.4 Å². The second kappa shape index (κ2) is 9.21. The van der Waals surface area contributed by atoms with Crippen molar-refractivity contribution in [1.29, 1.82) is 0 Å². The van der Waals surface area contributed by atoms with E-state index in [1.807, 2.05) is 0 Å². The predicted molar refractivity (Wildman–Crippen MR) is 105 cm³/mol. The van der Waals surface area contributed by atoms with Crippen LogP contribution >= 0.6 is 11.6 Å². The number of aromatic amines is 1. The molecule has 0 atom stereocenters. The fraction of sp³-hybridized carbons (Fsp3) is 0.368. The Hall–Kier alpha value is -3.01. The summed E-state index contributed by atoms with van der Waals surface area (Å²) in [5.74, 6) is -3.53. The third kappa shape index (κ3) is 4.76. The van der Waals surface area contributed by atoms with Crippen LogP contribution in [-0.2, 0) is 4.79 Å². The number of benzene rings is 1. The van der Waals surface area contributed by atoms with E-state index in [2.05, 4.69) is 25.9 Å². The lowest BCUT2D eigenvalue weighted by Crippen LogP contribution is -2.40. The number of hydrogen-bond donors (Lipinski definition) is 4. The number of carbonyl (C=O) groups is 3. The van der Waals surface area contributed by atoms with Crippen LogP contribution in [0.5, 0.6) is 0 Å². The zero-order valence-electron chi connectivity index (χ0n) is 16.0. The Bertz CT molecular complexity index is 950. The average molecular weight is 440 g/mol. The van der Waals surface area contributed by atoms with Gasteiger partial charge in [0.15, 0.2) is 11.5 Å². The smallest absolute Gasteiger partial charge is 0.272 e. The van der Waals surface area contributed by atoms with Crippen LogP contribution in [0.1, 0.15) is 46.7 Å². The lowest BCUT2D eigenvalue weighted by atomic mass is 9.85. The summed E-state index contributed by atoms with van der Waals surface area (Å²) in [6.07, 6.45) is 3.22. The number of nitrogens with one attached hydrogen (secondary N) is 4. The van der Waals surface area contributed by atoms with Gasteiger partial charge in [-0.05, 0) is 31.7 Å². The van der Waals surface area contributed by atoms with Gasteiger partial charge in [0.1, 0.15) is 11.5 Å². The summed E-state index contributed by atoms with van der Waals surface area (Å²) in [5.41, 5.74) is -0.185. The van der Waals surface area contributed by atoms with Gasteiger partial charge < -0.3 is 20.9 Å². The molecule has 0 spiro atoms. The Morgan fingerprint density at radius 2 is 1.83 bits per heavy atom. The SMILES string of the molecule is CNC(=O)c1[nH]cnc1C(=O)NC1CCC(C(=O)Nc2c(F)cc(F)cc2Cl)CC1. The van der Waals surface area contributed by atoms with Gasteiger partial charge in [0.25, 0.3) is 11.8 Å². The molecule has 0 saturated heterocycles. The molecule has 11 heteroatoms. The first kappa shape index (κ1) is 21.7. The summed E-state index contributed by atoms with van der Waals surface area (Å²) in [5, 5.41) is 7.45. The quantitative estimate of drug-likeness (QED) is 0.573. The van der Waals surface area contributed by atoms with Gasteiger partial charge in [-0.15, -0.1) is 0 Å². The van der Waals surface area contributed by atoms with Crippen molar-refractivity contribution in [3.05, 3.63) is 46.5 Å². The number of hydrogen-bond acceptors (Lipinski definition) is 4. The third-order valence-electron chi connectivity index (χ3n) is 5.00. The number of aromatic nitrogens is 2. The predicted octanol–water partition coefficient (Wildman–Crippen LogP) is 2.63. The summed E-state index contributed by atoms with van der Waals surface area (Å²) in [7, 11) is 1.45. The molecular weight excluding hydrogens is 420 g/mol. The van der Waals surface area contributed by atoms with Crippen LogP contribution in [0.15, 0.2) is 18.5 Å². The molecular formula is C19H20ClF2N5O3. The number of nitrogens with zero attached hydrogens (tertiary/aromatic N) is 1. The lowest BCUT2D eigenvalue weighted by Gasteiger charge is -2.28. The molecule has 160 valence electrons. The molecule has 0 bridgehead atoms. The fourth-order valence-electron chi connectivity index (χ4n) is 3.41. The van der Waals surface area contributed by atoms with E-state index in [0.717, 1.165) is 6.07 Å². The highest BCUT2D eigenvalue weighted by Crippen LogP contribution is 2.30. The van der Waals surface area contributed by atoms with Crippen molar-refractivity contribution < 1.29 is 23.2 Å². The maximum Gasteiger partial charge on any atom is 0.272 e. The van der Waals surface area contributed by atoms with Gasteiger partial charge in [-0.2, -0.15) is 0 Å². The summed E-state index contributed by atoms with van der Waals surface area (Å²) in [6, 6.07) is 1.38. The molecule has 0 radical (unpaired) electrons. The van der Waals surface area contributed by atoms with Gasteiger partial charge in [-0.3, -0.25) is 14.4 Å². The summed E-state index contributed by atoms with van der Waals surface area (Å²) < 4.78 is 27.0. The molecule has 3 rings (SSSR count).